The van der Waals surface area contributed by atoms with E-state index < -0.39 is 0 Å². The smallest absolute Gasteiger partial charge is 0.244 e. The summed E-state index contributed by atoms with van der Waals surface area (Å²) in [5.74, 6) is 4.23. The number of hydrogen-bond acceptors (Lipinski definition) is 3. The summed E-state index contributed by atoms with van der Waals surface area (Å²) in [6.45, 7) is 0.931. The maximum atomic E-state index is 11.6. The molecule has 0 spiro atoms. The van der Waals surface area contributed by atoms with Gasteiger partial charge in [-0.1, -0.05) is 0 Å². The van der Waals surface area contributed by atoms with Crippen molar-refractivity contribution >= 4 is 11.8 Å². The fraction of sp³-hybridized carbons (Fsp3) is 0.867. The van der Waals surface area contributed by atoms with Crippen LogP contribution in [0.4, 0.5) is 0 Å². The number of carbonyl (C=O) groups is 2. The van der Waals surface area contributed by atoms with E-state index in [1.165, 1.54) is 32.1 Å². The number of imide groups is 1. The Morgan fingerprint density at radius 3 is 2.16 bits per heavy atom. The number of nitrogens with one attached hydrogen (secondary N) is 2. The molecule has 5 aliphatic rings. The molecule has 104 valence electrons. The summed E-state index contributed by atoms with van der Waals surface area (Å²) in [6, 6.07) is -0.273. The van der Waals surface area contributed by atoms with Gasteiger partial charge in [0.2, 0.25) is 11.8 Å². The summed E-state index contributed by atoms with van der Waals surface area (Å²) < 4.78 is 0. The fourth-order valence-corrected chi connectivity index (χ4v) is 5.37. The van der Waals surface area contributed by atoms with E-state index in [1.54, 1.807) is 0 Å². The zero-order chi connectivity index (χ0) is 13.0. The summed E-state index contributed by atoms with van der Waals surface area (Å²) in [5, 5.41) is 5.74. The summed E-state index contributed by atoms with van der Waals surface area (Å²) in [7, 11) is 0. The van der Waals surface area contributed by atoms with Gasteiger partial charge >= 0.3 is 0 Å². The molecular formula is C15H22N2O2. The van der Waals surface area contributed by atoms with Gasteiger partial charge in [-0.05, 0) is 68.2 Å². The van der Waals surface area contributed by atoms with Crippen LogP contribution in [0.5, 0.6) is 0 Å². The molecule has 4 heteroatoms. The van der Waals surface area contributed by atoms with E-state index in [0.717, 1.165) is 36.1 Å². The van der Waals surface area contributed by atoms with Gasteiger partial charge in [-0.2, -0.15) is 0 Å². The predicted molar refractivity (Wildman–Crippen MR) is 70.1 cm³/mol. The Labute approximate surface area is 113 Å². The molecule has 0 aromatic rings. The van der Waals surface area contributed by atoms with Crippen LogP contribution >= 0.6 is 0 Å². The third-order valence-electron chi connectivity index (χ3n) is 5.99. The topological polar surface area (TPSA) is 58.2 Å². The summed E-state index contributed by atoms with van der Waals surface area (Å²) in [5.41, 5.74) is 0. The van der Waals surface area contributed by atoms with Crippen molar-refractivity contribution in [1.82, 2.24) is 10.6 Å². The van der Waals surface area contributed by atoms with Crippen LogP contribution in [-0.2, 0) is 9.59 Å². The van der Waals surface area contributed by atoms with Crippen molar-refractivity contribution in [1.29, 1.82) is 0 Å². The zero-order valence-electron chi connectivity index (χ0n) is 11.2. The van der Waals surface area contributed by atoms with Gasteiger partial charge in [0, 0.05) is 0 Å². The molecule has 1 aliphatic heterocycles. The molecule has 4 aliphatic carbocycles. The molecule has 2 N–H and O–H groups in total. The second-order valence-corrected chi connectivity index (χ2v) is 7.17. The largest absolute Gasteiger partial charge is 0.305 e. The van der Waals surface area contributed by atoms with Gasteiger partial charge < -0.3 is 5.32 Å². The average molecular weight is 262 g/mol. The number of carbonyl (C=O) groups excluding carboxylic acids is 2. The Balaban J connectivity index is 1.38. The SMILES string of the molecule is O=C1CC(NCC2C3CC4CC(C3)CC2C4)C(=O)N1. The minimum atomic E-state index is -0.273. The van der Waals surface area contributed by atoms with E-state index >= 15 is 0 Å². The van der Waals surface area contributed by atoms with E-state index in [9.17, 15) is 9.59 Å². The molecule has 2 amide bonds. The van der Waals surface area contributed by atoms with Gasteiger partial charge in [-0.25, -0.2) is 0 Å². The molecule has 1 unspecified atom stereocenters. The van der Waals surface area contributed by atoms with Crippen molar-refractivity contribution in [2.24, 2.45) is 29.6 Å². The van der Waals surface area contributed by atoms with Crippen molar-refractivity contribution in [3.8, 4) is 0 Å². The molecule has 19 heavy (non-hydrogen) atoms. The Hall–Kier alpha value is -0.900. The van der Waals surface area contributed by atoms with Crippen molar-refractivity contribution < 1.29 is 9.59 Å². The fourth-order valence-electron chi connectivity index (χ4n) is 5.37. The van der Waals surface area contributed by atoms with Crippen LogP contribution in [0.2, 0.25) is 0 Å². The molecule has 1 atom stereocenters. The van der Waals surface area contributed by atoms with E-state index in [0.29, 0.717) is 6.42 Å². The summed E-state index contributed by atoms with van der Waals surface area (Å²) in [4.78, 5) is 22.8. The second-order valence-electron chi connectivity index (χ2n) is 7.17. The first-order valence-electron chi connectivity index (χ1n) is 7.76. The van der Waals surface area contributed by atoms with E-state index in [1.807, 2.05) is 0 Å². The highest BCUT2D eigenvalue weighted by atomic mass is 16.2. The van der Waals surface area contributed by atoms with E-state index in [2.05, 4.69) is 10.6 Å². The normalized spacial score (nSPS) is 47.8. The highest BCUT2D eigenvalue weighted by Gasteiger charge is 2.48. The van der Waals surface area contributed by atoms with Gasteiger partial charge in [-0.15, -0.1) is 0 Å². The second kappa shape index (κ2) is 4.30. The first-order chi connectivity index (χ1) is 9.19. The molecule has 0 aromatic carbocycles. The Morgan fingerprint density at radius 2 is 1.63 bits per heavy atom. The average Bonchev–Trinajstić information content (AvgIpc) is 2.66. The Kier molecular flexibility index (Phi) is 2.69. The standard InChI is InChI=1S/C15H22N2O2/c18-14-6-13(15(19)17-14)16-7-12-10-2-8-1-9(4-10)5-11(12)3-8/h8-13,16H,1-7H2,(H,17,18,19). The minimum Gasteiger partial charge on any atom is -0.305 e. The molecule has 4 saturated carbocycles. The maximum Gasteiger partial charge on any atom is 0.244 e. The third-order valence-corrected chi connectivity index (χ3v) is 5.99. The molecule has 1 heterocycles. The van der Waals surface area contributed by atoms with Crippen LogP contribution in [0.15, 0.2) is 0 Å². The van der Waals surface area contributed by atoms with Crippen LogP contribution in [0.3, 0.4) is 0 Å². The number of rotatable bonds is 3. The predicted octanol–water partition coefficient (Wildman–Crippen LogP) is 1.06. The molecule has 5 rings (SSSR count). The van der Waals surface area contributed by atoms with Crippen molar-refractivity contribution in [2.75, 3.05) is 6.54 Å². The lowest BCUT2D eigenvalue weighted by molar-refractivity contribution is -0.125. The quantitative estimate of drug-likeness (QED) is 0.748. The molecule has 5 fully saturated rings. The van der Waals surface area contributed by atoms with Gasteiger partial charge in [0.25, 0.3) is 0 Å². The first kappa shape index (κ1) is 11.9. The summed E-state index contributed by atoms with van der Waals surface area (Å²) >= 11 is 0. The van der Waals surface area contributed by atoms with E-state index in [-0.39, 0.29) is 17.9 Å². The number of hydrogen-bond donors (Lipinski definition) is 2. The highest BCUT2D eigenvalue weighted by Crippen LogP contribution is 2.56. The first-order valence-corrected chi connectivity index (χ1v) is 7.76. The monoisotopic (exact) mass is 262 g/mol. The molecule has 4 nitrogen and oxygen atoms in total. The van der Waals surface area contributed by atoms with Crippen molar-refractivity contribution in [3.63, 3.8) is 0 Å². The lowest BCUT2D eigenvalue weighted by Gasteiger charge is -2.54. The molecule has 0 aromatic heterocycles. The lowest BCUT2D eigenvalue weighted by Crippen LogP contribution is -2.50. The number of amides is 2. The van der Waals surface area contributed by atoms with E-state index in [4.69, 9.17) is 0 Å². The highest BCUT2D eigenvalue weighted by molar-refractivity contribution is 6.05. The zero-order valence-corrected chi connectivity index (χ0v) is 11.2. The van der Waals surface area contributed by atoms with Crippen LogP contribution in [-0.4, -0.2) is 24.4 Å². The minimum absolute atomic E-state index is 0.131. The molecular weight excluding hydrogens is 240 g/mol. The van der Waals surface area contributed by atoms with Crippen LogP contribution < -0.4 is 10.6 Å². The Morgan fingerprint density at radius 1 is 1.00 bits per heavy atom. The van der Waals surface area contributed by atoms with Crippen LogP contribution in [0.1, 0.15) is 38.5 Å². The van der Waals surface area contributed by atoms with Crippen LogP contribution in [0.25, 0.3) is 0 Å². The van der Waals surface area contributed by atoms with Crippen LogP contribution in [0, 0.1) is 29.6 Å². The maximum absolute atomic E-state index is 11.6. The van der Waals surface area contributed by atoms with Gasteiger partial charge in [0.05, 0.1) is 12.5 Å². The Bertz CT molecular complexity index is 392. The van der Waals surface area contributed by atoms with Gasteiger partial charge in [0.1, 0.15) is 0 Å². The molecule has 4 bridgehead atoms. The third kappa shape index (κ3) is 2.00. The molecule has 0 radical (unpaired) electrons. The lowest BCUT2D eigenvalue weighted by atomic mass is 9.52. The van der Waals surface area contributed by atoms with Gasteiger partial charge in [-0.3, -0.25) is 14.9 Å². The molecule has 1 saturated heterocycles. The van der Waals surface area contributed by atoms with Gasteiger partial charge in [0.15, 0.2) is 0 Å². The summed E-state index contributed by atoms with van der Waals surface area (Å²) in [6.07, 6.45) is 7.45. The van der Waals surface area contributed by atoms with Crippen molar-refractivity contribution in [3.05, 3.63) is 0 Å². The van der Waals surface area contributed by atoms with Crippen molar-refractivity contribution in [2.45, 2.75) is 44.6 Å².